The number of carbonyl (C=O) groups excluding carboxylic acids is 2. The number of primary amides is 1. The molecular weight excluding hydrogens is 349 g/mol. The van der Waals surface area contributed by atoms with Gasteiger partial charge in [0.1, 0.15) is 11.6 Å². The van der Waals surface area contributed by atoms with Crippen LogP contribution < -0.4 is 15.4 Å². The summed E-state index contributed by atoms with van der Waals surface area (Å²) in [6.45, 7) is 2.14. The second-order valence-electron chi connectivity index (χ2n) is 6.62. The molecule has 6 nitrogen and oxygen atoms in total. The van der Waals surface area contributed by atoms with Crippen LogP contribution >= 0.6 is 0 Å². The average Bonchev–Trinajstić information content (AvgIpc) is 2.66. The summed E-state index contributed by atoms with van der Waals surface area (Å²) in [7, 11) is 1.82. The number of anilines is 1. The molecule has 0 spiro atoms. The monoisotopic (exact) mass is 371 g/mol. The number of carbonyl (C=O) groups is 2. The van der Waals surface area contributed by atoms with E-state index in [1.807, 2.05) is 18.9 Å². The Balaban J connectivity index is 1.76. The van der Waals surface area contributed by atoms with E-state index in [9.17, 15) is 14.0 Å². The van der Waals surface area contributed by atoms with Crippen molar-refractivity contribution in [2.24, 2.45) is 5.73 Å². The van der Waals surface area contributed by atoms with Gasteiger partial charge in [-0.2, -0.15) is 0 Å². The van der Waals surface area contributed by atoms with Crippen LogP contribution in [0.5, 0.6) is 5.75 Å². The lowest BCUT2D eigenvalue weighted by atomic mass is 10.1. The van der Waals surface area contributed by atoms with Crippen molar-refractivity contribution < 1.29 is 18.7 Å². The van der Waals surface area contributed by atoms with E-state index in [0.29, 0.717) is 11.4 Å². The van der Waals surface area contributed by atoms with Crippen LogP contribution in [0, 0.1) is 5.82 Å². The zero-order chi connectivity index (χ0) is 19.6. The van der Waals surface area contributed by atoms with Gasteiger partial charge in [0, 0.05) is 6.04 Å². The minimum Gasteiger partial charge on any atom is -0.477 e. The van der Waals surface area contributed by atoms with Crippen LogP contribution in [-0.4, -0.2) is 43.0 Å². The SMILES string of the molecule is C[C@@H](c1ccc(F)cc1)N(C)CC(=O)N1C[C@H](C(N)=O)Oc2ccccc21. The molecule has 2 N–H and O–H groups in total. The number of nitrogens with zero attached hydrogens (tertiary/aromatic N) is 2. The predicted molar refractivity (Wildman–Crippen MR) is 99.9 cm³/mol. The Bertz CT molecular complexity index is 841. The number of halogens is 1. The second kappa shape index (κ2) is 7.75. The van der Waals surface area contributed by atoms with Crippen molar-refractivity contribution in [2.75, 3.05) is 25.0 Å². The number of hydrogen-bond acceptors (Lipinski definition) is 4. The molecule has 0 fully saturated rings. The summed E-state index contributed by atoms with van der Waals surface area (Å²) in [4.78, 5) is 27.9. The predicted octanol–water partition coefficient (Wildman–Crippen LogP) is 2.10. The van der Waals surface area contributed by atoms with Gasteiger partial charge in [-0.15, -0.1) is 0 Å². The molecule has 0 aromatic heterocycles. The number of amides is 2. The molecule has 0 saturated heterocycles. The van der Waals surface area contributed by atoms with E-state index in [1.54, 1.807) is 36.4 Å². The van der Waals surface area contributed by atoms with Crippen LogP contribution in [0.2, 0.25) is 0 Å². The quantitative estimate of drug-likeness (QED) is 0.873. The molecular formula is C20H22FN3O3. The van der Waals surface area contributed by atoms with Crippen LogP contribution in [0.15, 0.2) is 48.5 Å². The summed E-state index contributed by atoms with van der Waals surface area (Å²) in [5.41, 5.74) is 6.90. The number of likely N-dealkylation sites (N-methyl/N-ethyl adjacent to an activating group) is 1. The van der Waals surface area contributed by atoms with Gasteiger partial charge >= 0.3 is 0 Å². The first-order chi connectivity index (χ1) is 12.9. The number of fused-ring (bicyclic) bond motifs is 1. The lowest BCUT2D eigenvalue weighted by Gasteiger charge is -2.35. The van der Waals surface area contributed by atoms with Gasteiger partial charge in [-0.05, 0) is 43.8 Å². The molecule has 0 bridgehead atoms. The van der Waals surface area contributed by atoms with E-state index in [2.05, 4.69) is 0 Å². The van der Waals surface area contributed by atoms with Gasteiger partial charge < -0.3 is 15.4 Å². The van der Waals surface area contributed by atoms with Crippen molar-refractivity contribution in [1.82, 2.24) is 4.90 Å². The van der Waals surface area contributed by atoms with Gasteiger partial charge in [0.15, 0.2) is 6.10 Å². The summed E-state index contributed by atoms with van der Waals surface area (Å²) in [5, 5.41) is 0. The normalized spacial score (nSPS) is 17.2. The fraction of sp³-hybridized carbons (Fsp3) is 0.300. The maximum absolute atomic E-state index is 13.1. The molecule has 0 saturated carbocycles. The highest BCUT2D eigenvalue weighted by molar-refractivity contribution is 5.98. The number of benzene rings is 2. The molecule has 1 aliphatic heterocycles. The molecule has 0 aliphatic carbocycles. The Morgan fingerprint density at radius 3 is 2.59 bits per heavy atom. The van der Waals surface area contributed by atoms with Crippen molar-refractivity contribution in [1.29, 1.82) is 0 Å². The van der Waals surface area contributed by atoms with E-state index < -0.39 is 12.0 Å². The highest BCUT2D eigenvalue weighted by Gasteiger charge is 2.33. The van der Waals surface area contributed by atoms with Crippen molar-refractivity contribution in [2.45, 2.75) is 19.1 Å². The molecule has 2 amide bonds. The number of ether oxygens (including phenoxy) is 1. The van der Waals surface area contributed by atoms with Gasteiger partial charge in [-0.25, -0.2) is 4.39 Å². The average molecular weight is 371 g/mol. The van der Waals surface area contributed by atoms with Crippen LogP contribution in [0.25, 0.3) is 0 Å². The molecule has 7 heteroatoms. The van der Waals surface area contributed by atoms with Crippen LogP contribution in [0.4, 0.5) is 10.1 Å². The number of nitrogens with two attached hydrogens (primary N) is 1. The highest BCUT2D eigenvalue weighted by atomic mass is 19.1. The minimum absolute atomic E-state index is 0.0734. The zero-order valence-corrected chi connectivity index (χ0v) is 15.3. The number of hydrogen-bond donors (Lipinski definition) is 1. The van der Waals surface area contributed by atoms with Gasteiger partial charge in [-0.1, -0.05) is 24.3 Å². The van der Waals surface area contributed by atoms with E-state index in [1.165, 1.54) is 17.0 Å². The van der Waals surface area contributed by atoms with Gasteiger partial charge in [0.05, 0.1) is 18.8 Å². The molecule has 2 aromatic rings. The van der Waals surface area contributed by atoms with Gasteiger partial charge in [-0.3, -0.25) is 14.5 Å². The second-order valence-corrected chi connectivity index (χ2v) is 6.62. The molecule has 1 heterocycles. The molecule has 1 aliphatic rings. The molecule has 142 valence electrons. The van der Waals surface area contributed by atoms with Crippen LogP contribution in [0.3, 0.4) is 0 Å². The zero-order valence-electron chi connectivity index (χ0n) is 15.3. The van der Waals surface area contributed by atoms with E-state index in [-0.39, 0.29) is 30.9 Å². The lowest BCUT2D eigenvalue weighted by Crippen LogP contribution is -2.51. The standard InChI is InChI=1S/C20H22FN3O3/c1-13(14-7-9-15(21)10-8-14)23(2)12-19(25)24-11-18(20(22)26)27-17-6-4-3-5-16(17)24/h3-10,13,18H,11-12H2,1-2H3,(H2,22,26)/t13-,18+/m0/s1. The topological polar surface area (TPSA) is 75.9 Å². The number of rotatable bonds is 5. The van der Waals surface area contributed by atoms with Crippen molar-refractivity contribution >= 4 is 17.5 Å². The van der Waals surface area contributed by atoms with Crippen molar-refractivity contribution in [3.05, 3.63) is 59.9 Å². The summed E-state index contributed by atoms with van der Waals surface area (Å²) >= 11 is 0. The Morgan fingerprint density at radius 2 is 1.93 bits per heavy atom. The van der Waals surface area contributed by atoms with Crippen molar-refractivity contribution in [3.63, 3.8) is 0 Å². The highest BCUT2D eigenvalue weighted by Crippen LogP contribution is 2.33. The summed E-state index contributed by atoms with van der Waals surface area (Å²) in [6.07, 6.45) is -0.885. The fourth-order valence-corrected chi connectivity index (χ4v) is 3.05. The molecule has 3 rings (SSSR count). The lowest BCUT2D eigenvalue weighted by molar-refractivity contribution is -0.125. The van der Waals surface area contributed by atoms with Gasteiger partial charge in [0.25, 0.3) is 5.91 Å². The Kier molecular flexibility index (Phi) is 5.41. The van der Waals surface area contributed by atoms with E-state index in [0.717, 1.165) is 5.56 Å². The maximum Gasteiger partial charge on any atom is 0.260 e. The summed E-state index contributed by atoms with van der Waals surface area (Å²) < 4.78 is 18.7. The Hall–Kier alpha value is -2.93. The first kappa shape index (κ1) is 18.8. The smallest absolute Gasteiger partial charge is 0.260 e. The van der Waals surface area contributed by atoms with E-state index >= 15 is 0 Å². The van der Waals surface area contributed by atoms with Gasteiger partial charge in [0.2, 0.25) is 5.91 Å². The van der Waals surface area contributed by atoms with Crippen LogP contribution in [0.1, 0.15) is 18.5 Å². The Labute approximate surface area is 157 Å². The summed E-state index contributed by atoms with van der Waals surface area (Å²) in [5.74, 6) is -0.633. The Morgan fingerprint density at radius 1 is 1.26 bits per heavy atom. The maximum atomic E-state index is 13.1. The largest absolute Gasteiger partial charge is 0.477 e. The number of para-hydroxylation sites is 2. The molecule has 27 heavy (non-hydrogen) atoms. The first-order valence-electron chi connectivity index (χ1n) is 8.68. The minimum atomic E-state index is -0.885. The third-order valence-corrected chi connectivity index (χ3v) is 4.79. The molecule has 2 aromatic carbocycles. The van der Waals surface area contributed by atoms with E-state index in [4.69, 9.17) is 10.5 Å². The molecule has 0 radical (unpaired) electrons. The van der Waals surface area contributed by atoms with Crippen molar-refractivity contribution in [3.8, 4) is 5.75 Å². The first-order valence-corrected chi connectivity index (χ1v) is 8.68. The molecule has 0 unspecified atom stereocenters. The third kappa shape index (κ3) is 4.09. The fourth-order valence-electron chi connectivity index (χ4n) is 3.05. The molecule has 2 atom stereocenters. The summed E-state index contributed by atoms with van der Waals surface area (Å²) in [6, 6.07) is 13.2. The third-order valence-electron chi connectivity index (χ3n) is 4.79. The van der Waals surface area contributed by atoms with Crippen LogP contribution in [-0.2, 0) is 9.59 Å².